The van der Waals surface area contributed by atoms with Crippen molar-refractivity contribution in [2.45, 2.75) is 0 Å². The first-order valence-electron chi connectivity index (χ1n) is 9.64. The average molecular weight is 410 g/mol. The summed E-state index contributed by atoms with van der Waals surface area (Å²) in [6.07, 6.45) is 0. The average Bonchev–Trinajstić information content (AvgIpc) is 2.81. The fourth-order valence-corrected chi connectivity index (χ4v) is 3.10. The number of aliphatic hydroxyl groups excluding tert-OH is 2. The molecule has 3 aromatic carbocycles. The maximum absolute atomic E-state index is 9.26. The predicted octanol–water partition coefficient (Wildman–Crippen LogP) is 3.78. The Morgan fingerprint density at radius 2 is 0.967 bits per heavy atom. The van der Waals surface area contributed by atoms with E-state index >= 15 is 0 Å². The van der Waals surface area contributed by atoms with Crippen LogP contribution < -0.4 is 18.9 Å². The molecule has 0 spiro atoms. The van der Waals surface area contributed by atoms with Crippen molar-refractivity contribution in [1.29, 1.82) is 0 Å². The molecule has 0 amide bonds. The molecule has 2 N–H and O–H groups in total. The molecule has 0 radical (unpaired) electrons. The summed E-state index contributed by atoms with van der Waals surface area (Å²) in [6.45, 7) is 0.148. The van der Waals surface area contributed by atoms with Gasteiger partial charge in [0.2, 0.25) is 0 Å². The quantitative estimate of drug-likeness (QED) is 0.530. The van der Waals surface area contributed by atoms with Crippen molar-refractivity contribution in [2.24, 2.45) is 0 Å². The van der Waals surface area contributed by atoms with Crippen LogP contribution in [-0.4, -0.2) is 50.9 Å². The molecule has 0 aliphatic heterocycles. The van der Waals surface area contributed by atoms with E-state index in [4.69, 9.17) is 18.9 Å². The highest BCUT2D eigenvalue weighted by Gasteiger charge is 2.16. The van der Waals surface area contributed by atoms with Crippen LogP contribution >= 0.6 is 0 Å². The number of hydrogen-bond donors (Lipinski definition) is 2. The van der Waals surface area contributed by atoms with Crippen LogP contribution in [0.3, 0.4) is 0 Å². The van der Waals surface area contributed by atoms with Crippen molar-refractivity contribution in [3.05, 3.63) is 60.7 Å². The third-order valence-electron chi connectivity index (χ3n) is 4.58. The van der Waals surface area contributed by atoms with Crippen LogP contribution in [0.25, 0.3) is 22.3 Å². The van der Waals surface area contributed by atoms with E-state index < -0.39 is 0 Å². The number of methoxy groups -OCH3 is 2. The number of ether oxygens (including phenoxy) is 4. The number of rotatable bonds is 10. The summed E-state index contributed by atoms with van der Waals surface area (Å²) in [5.74, 6) is 2.75. The van der Waals surface area contributed by atoms with Crippen molar-refractivity contribution < 1.29 is 29.2 Å². The summed E-state index contributed by atoms with van der Waals surface area (Å²) in [5.41, 5.74) is 3.46. The van der Waals surface area contributed by atoms with Gasteiger partial charge in [-0.1, -0.05) is 24.3 Å². The van der Waals surface area contributed by atoms with Gasteiger partial charge in [-0.3, -0.25) is 0 Å². The smallest absolute Gasteiger partial charge is 0.128 e. The second kappa shape index (κ2) is 10.5. The molecule has 158 valence electrons. The van der Waals surface area contributed by atoms with Gasteiger partial charge in [0.1, 0.15) is 36.2 Å². The summed E-state index contributed by atoms with van der Waals surface area (Å²) >= 11 is 0. The van der Waals surface area contributed by atoms with Crippen molar-refractivity contribution in [1.82, 2.24) is 0 Å². The zero-order valence-corrected chi connectivity index (χ0v) is 17.1. The van der Waals surface area contributed by atoms with Crippen LogP contribution in [0.15, 0.2) is 60.7 Å². The van der Waals surface area contributed by atoms with Crippen molar-refractivity contribution in [3.8, 4) is 45.3 Å². The highest BCUT2D eigenvalue weighted by Crippen LogP contribution is 2.41. The second-order valence-corrected chi connectivity index (χ2v) is 6.45. The molecule has 30 heavy (non-hydrogen) atoms. The van der Waals surface area contributed by atoms with Crippen LogP contribution in [0.2, 0.25) is 0 Å². The van der Waals surface area contributed by atoms with Gasteiger partial charge in [-0.05, 0) is 47.5 Å². The molecule has 0 saturated carbocycles. The Labute approximate surface area is 176 Å². The molecule has 0 unspecified atom stereocenters. The molecule has 0 atom stereocenters. The van der Waals surface area contributed by atoms with Gasteiger partial charge in [-0.15, -0.1) is 0 Å². The van der Waals surface area contributed by atoms with E-state index in [0.29, 0.717) is 11.5 Å². The first kappa shape index (κ1) is 21.5. The summed E-state index contributed by atoms with van der Waals surface area (Å²) in [7, 11) is 3.24. The predicted molar refractivity (Wildman–Crippen MR) is 116 cm³/mol. The first-order chi connectivity index (χ1) is 14.7. The van der Waals surface area contributed by atoms with Crippen LogP contribution in [0.5, 0.6) is 23.0 Å². The zero-order chi connectivity index (χ0) is 21.3. The Balaban J connectivity index is 2.12. The van der Waals surface area contributed by atoms with Crippen LogP contribution in [0.1, 0.15) is 0 Å². The molecule has 0 saturated heterocycles. The largest absolute Gasteiger partial charge is 0.497 e. The fraction of sp³-hybridized carbons (Fsp3) is 0.250. The van der Waals surface area contributed by atoms with Crippen molar-refractivity contribution >= 4 is 0 Å². The van der Waals surface area contributed by atoms with E-state index in [1.165, 1.54) is 0 Å². The van der Waals surface area contributed by atoms with E-state index in [1.54, 1.807) is 14.2 Å². The topological polar surface area (TPSA) is 77.4 Å². The highest BCUT2D eigenvalue weighted by atomic mass is 16.5. The molecule has 0 aliphatic carbocycles. The number of hydrogen-bond acceptors (Lipinski definition) is 6. The second-order valence-electron chi connectivity index (χ2n) is 6.45. The number of benzene rings is 3. The van der Waals surface area contributed by atoms with Gasteiger partial charge < -0.3 is 29.2 Å². The van der Waals surface area contributed by atoms with Gasteiger partial charge in [0.25, 0.3) is 0 Å². The molecule has 0 aliphatic rings. The van der Waals surface area contributed by atoms with Crippen LogP contribution in [0, 0.1) is 0 Å². The van der Waals surface area contributed by atoms with Gasteiger partial charge in [0.15, 0.2) is 0 Å². The Morgan fingerprint density at radius 3 is 1.27 bits per heavy atom. The first-order valence-corrected chi connectivity index (χ1v) is 9.64. The monoisotopic (exact) mass is 410 g/mol. The van der Waals surface area contributed by atoms with Crippen molar-refractivity contribution in [2.75, 3.05) is 40.6 Å². The lowest BCUT2D eigenvalue weighted by atomic mass is 9.97. The summed E-state index contributed by atoms with van der Waals surface area (Å²) in [6, 6.07) is 19.0. The molecule has 0 heterocycles. The SMILES string of the molecule is COc1ccc(-c2cc(OCCO)c(-c3ccc(OC)cc3)cc2OCCO)cc1. The van der Waals surface area contributed by atoms with Gasteiger partial charge in [-0.2, -0.15) is 0 Å². The van der Waals surface area contributed by atoms with Gasteiger partial charge in [0, 0.05) is 11.1 Å². The number of aliphatic hydroxyl groups is 2. The molecule has 3 rings (SSSR count). The summed E-state index contributed by atoms with van der Waals surface area (Å²) < 4.78 is 22.2. The van der Waals surface area contributed by atoms with E-state index in [0.717, 1.165) is 33.8 Å². The maximum Gasteiger partial charge on any atom is 0.128 e. The molecule has 0 fully saturated rings. The minimum atomic E-state index is -0.0946. The molecule has 6 nitrogen and oxygen atoms in total. The minimum Gasteiger partial charge on any atom is -0.497 e. The molecule has 6 heteroatoms. The lowest BCUT2D eigenvalue weighted by molar-refractivity contribution is 0.199. The Bertz CT molecular complexity index is 856. The Hall–Kier alpha value is -3.22. The highest BCUT2D eigenvalue weighted by molar-refractivity contribution is 5.81. The van der Waals surface area contributed by atoms with E-state index in [2.05, 4.69) is 0 Å². The Morgan fingerprint density at radius 1 is 0.600 bits per heavy atom. The van der Waals surface area contributed by atoms with E-state index in [-0.39, 0.29) is 26.4 Å². The van der Waals surface area contributed by atoms with E-state index in [9.17, 15) is 10.2 Å². The molecule has 3 aromatic rings. The summed E-state index contributed by atoms with van der Waals surface area (Å²) in [4.78, 5) is 0. The van der Waals surface area contributed by atoms with E-state index in [1.807, 2.05) is 60.7 Å². The molecule has 0 bridgehead atoms. The van der Waals surface area contributed by atoms with Gasteiger partial charge in [0.05, 0.1) is 27.4 Å². The standard InChI is InChI=1S/C24H26O6/c1-27-19-7-3-17(4-8-19)21-15-24(30-14-12-26)22(16-23(21)29-13-11-25)18-5-9-20(28-2)10-6-18/h3-10,15-16,25-26H,11-14H2,1-2H3. The maximum atomic E-state index is 9.26. The fourth-order valence-electron chi connectivity index (χ4n) is 3.10. The third kappa shape index (κ3) is 5.03. The van der Waals surface area contributed by atoms with Crippen LogP contribution in [0.4, 0.5) is 0 Å². The molecular formula is C24H26O6. The Kier molecular flexibility index (Phi) is 7.54. The zero-order valence-electron chi connectivity index (χ0n) is 17.1. The van der Waals surface area contributed by atoms with Crippen molar-refractivity contribution in [3.63, 3.8) is 0 Å². The third-order valence-corrected chi connectivity index (χ3v) is 4.58. The molecular weight excluding hydrogens is 384 g/mol. The normalized spacial score (nSPS) is 10.5. The minimum absolute atomic E-state index is 0.0946. The lowest BCUT2D eigenvalue weighted by Gasteiger charge is -2.18. The lowest BCUT2D eigenvalue weighted by Crippen LogP contribution is -2.06. The van der Waals surface area contributed by atoms with Crippen LogP contribution in [-0.2, 0) is 0 Å². The van der Waals surface area contributed by atoms with Gasteiger partial charge in [-0.25, -0.2) is 0 Å². The molecule has 0 aromatic heterocycles. The van der Waals surface area contributed by atoms with Gasteiger partial charge >= 0.3 is 0 Å². The summed E-state index contributed by atoms with van der Waals surface area (Å²) in [5, 5.41) is 18.5.